The van der Waals surface area contributed by atoms with Gasteiger partial charge in [0.15, 0.2) is 10.8 Å². The third kappa shape index (κ3) is 1.67. The number of hydrogen-bond donors (Lipinski definition) is 1. The highest BCUT2D eigenvalue weighted by Gasteiger charge is 2.46. The topological polar surface area (TPSA) is 24.5 Å². The quantitative estimate of drug-likeness (QED) is 0.743. The monoisotopic (exact) mass is 302 g/mol. The summed E-state index contributed by atoms with van der Waals surface area (Å²) >= 11 is 17.6. The zero-order chi connectivity index (χ0) is 13.1. The summed E-state index contributed by atoms with van der Waals surface area (Å²) in [6, 6.07) is 3.68. The van der Waals surface area contributed by atoms with Crippen LogP contribution in [0.15, 0.2) is 12.1 Å². The van der Waals surface area contributed by atoms with Crippen molar-refractivity contribution in [1.82, 2.24) is 10.2 Å². The van der Waals surface area contributed by atoms with E-state index in [0.29, 0.717) is 20.9 Å². The van der Waals surface area contributed by atoms with E-state index in [1.165, 1.54) is 0 Å². The summed E-state index contributed by atoms with van der Waals surface area (Å²) < 4.78 is 6.07. The van der Waals surface area contributed by atoms with E-state index in [4.69, 9.17) is 40.2 Å². The molecule has 1 aromatic carbocycles. The van der Waals surface area contributed by atoms with E-state index < -0.39 is 5.72 Å². The predicted octanol–water partition coefficient (Wildman–Crippen LogP) is 3.35. The number of ether oxygens (including phenoxy) is 1. The fourth-order valence-electron chi connectivity index (χ4n) is 2.49. The molecule has 18 heavy (non-hydrogen) atoms. The molecular formula is C12H12Cl2N2OS. The Kier molecular flexibility index (Phi) is 2.66. The lowest BCUT2D eigenvalue weighted by atomic mass is 9.91. The third-order valence-electron chi connectivity index (χ3n) is 3.63. The van der Waals surface area contributed by atoms with Crippen molar-refractivity contribution in [3.63, 3.8) is 0 Å². The lowest BCUT2D eigenvalue weighted by Crippen LogP contribution is -2.63. The second kappa shape index (κ2) is 3.89. The fraction of sp³-hybridized carbons (Fsp3) is 0.417. The molecule has 2 aliphatic rings. The molecule has 2 aliphatic heterocycles. The minimum absolute atomic E-state index is 0.0960. The average molecular weight is 303 g/mol. The molecule has 0 saturated carbocycles. The molecule has 2 atom stereocenters. The van der Waals surface area contributed by atoms with Gasteiger partial charge in [0.1, 0.15) is 5.75 Å². The van der Waals surface area contributed by atoms with E-state index in [0.717, 1.165) is 12.0 Å². The van der Waals surface area contributed by atoms with Crippen molar-refractivity contribution < 1.29 is 4.74 Å². The molecule has 3 nitrogen and oxygen atoms in total. The van der Waals surface area contributed by atoms with Crippen LogP contribution in [0.2, 0.25) is 10.0 Å². The highest BCUT2D eigenvalue weighted by molar-refractivity contribution is 7.80. The van der Waals surface area contributed by atoms with Gasteiger partial charge in [-0.25, -0.2) is 0 Å². The van der Waals surface area contributed by atoms with Crippen LogP contribution in [0.25, 0.3) is 0 Å². The van der Waals surface area contributed by atoms with Crippen LogP contribution in [-0.4, -0.2) is 22.8 Å². The minimum Gasteiger partial charge on any atom is -0.466 e. The van der Waals surface area contributed by atoms with Gasteiger partial charge in [0.25, 0.3) is 0 Å². The Labute approximate surface area is 121 Å². The van der Waals surface area contributed by atoms with Gasteiger partial charge in [0.05, 0.1) is 11.1 Å². The van der Waals surface area contributed by atoms with Gasteiger partial charge < -0.3 is 15.0 Å². The molecule has 0 aliphatic carbocycles. The number of fused-ring (bicyclic) bond motifs is 4. The zero-order valence-corrected chi connectivity index (χ0v) is 12.3. The molecule has 1 aromatic rings. The van der Waals surface area contributed by atoms with E-state index in [1.807, 2.05) is 24.9 Å². The average Bonchev–Trinajstić information content (AvgIpc) is 2.28. The van der Waals surface area contributed by atoms with Crippen LogP contribution >= 0.6 is 35.4 Å². The largest absolute Gasteiger partial charge is 0.466 e. The number of halogens is 2. The Balaban J connectivity index is 2.17. The van der Waals surface area contributed by atoms with Gasteiger partial charge in [-0.05, 0) is 31.3 Å². The van der Waals surface area contributed by atoms with E-state index >= 15 is 0 Å². The van der Waals surface area contributed by atoms with Crippen LogP contribution in [0.1, 0.15) is 24.9 Å². The Morgan fingerprint density at radius 3 is 2.94 bits per heavy atom. The normalized spacial score (nSPS) is 29.4. The Morgan fingerprint density at radius 1 is 1.50 bits per heavy atom. The number of nitrogens with one attached hydrogen (secondary N) is 1. The Morgan fingerprint density at radius 2 is 2.22 bits per heavy atom. The summed E-state index contributed by atoms with van der Waals surface area (Å²) in [5, 5.41) is 5.12. The van der Waals surface area contributed by atoms with Crippen molar-refractivity contribution in [2.75, 3.05) is 7.05 Å². The molecule has 3 rings (SSSR count). The molecule has 96 valence electrons. The molecule has 2 bridgehead atoms. The summed E-state index contributed by atoms with van der Waals surface area (Å²) in [5.74, 6) is 0.696. The molecule has 1 fully saturated rings. The van der Waals surface area contributed by atoms with Crippen molar-refractivity contribution in [2.45, 2.75) is 25.1 Å². The number of thiocarbonyl (C=S) groups is 1. The van der Waals surface area contributed by atoms with Crippen LogP contribution in [0, 0.1) is 0 Å². The highest BCUT2D eigenvalue weighted by atomic mass is 35.5. The maximum absolute atomic E-state index is 6.22. The molecule has 0 radical (unpaired) electrons. The first kappa shape index (κ1) is 12.3. The minimum atomic E-state index is -0.461. The first-order valence-electron chi connectivity index (χ1n) is 5.63. The van der Waals surface area contributed by atoms with Crippen LogP contribution in [-0.2, 0) is 0 Å². The molecule has 2 heterocycles. The van der Waals surface area contributed by atoms with Crippen molar-refractivity contribution in [3.8, 4) is 5.75 Å². The number of nitrogens with zero attached hydrogens (tertiary/aromatic N) is 1. The molecule has 1 saturated heterocycles. The maximum atomic E-state index is 6.22. The summed E-state index contributed by atoms with van der Waals surface area (Å²) in [6.45, 7) is 2.01. The molecule has 0 spiro atoms. The first-order valence-corrected chi connectivity index (χ1v) is 6.79. The SMILES string of the molecule is CN1C(=S)NC2CC1(C)Oc1c(Cl)cc(Cl)cc12. The lowest BCUT2D eigenvalue weighted by molar-refractivity contribution is -0.0561. The molecular weight excluding hydrogens is 291 g/mol. The van der Waals surface area contributed by atoms with Gasteiger partial charge in [-0.15, -0.1) is 0 Å². The lowest BCUT2D eigenvalue weighted by Gasteiger charge is -2.51. The molecule has 2 unspecified atom stereocenters. The van der Waals surface area contributed by atoms with Gasteiger partial charge in [0, 0.05) is 24.1 Å². The zero-order valence-electron chi connectivity index (χ0n) is 9.96. The van der Waals surface area contributed by atoms with E-state index in [2.05, 4.69) is 5.32 Å². The molecule has 0 amide bonds. The van der Waals surface area contributed by atoms with Crippen LogP contribution < -0.4 is 10.1 Å². The van der Waals surface area contributed by atoms with Crippen LogP contribution in [0.3, 0.4) is 0 Å². The third-order valence-corrected chi connectivity index (χ3v) is 4.52. The van der Waals surface area contributed by atoms with E-state index in [-0.39, 0.29) is 6.04 Å². The van der Waals surface area contributed by atoms with Crippen molar-refractivity contribution in [3.05, 3.63) is 27.7 Å². The van der Waals surface area contributed by atoms with Crippen molar-refractivity contribution >= 4 is 40.5 Å². The Bertz CT molecular complexity index is 551. The molecule has 1 N–H and O–H groups in total. The summed E-state index contributed by atoms with van der Waals surface area (Å²) in [7, 11) is 1.92. The van der Waals surface area contributed by atoms with Gasteiger partial charge >= 0.3 is 0 Å². The standard InChI is InChI=1S/C12H12Cl2N2OS/c1-12-5-9(15-11(18)16(12)2)7-3-6(13)4-8(14)10(7)17-12/h3-4,9H,5H2,1-2H3,(H,15,18). The van der Waals surface area contributed by atoms with E-state index in [9.17, 15) is 0 Å². The predicted molar refractivity (Wildman–Crippen MR) is 76.3 cm³/mol. The molecule has 0 aromatic heterocycles. The van der Waals surface area contributed by atoms with Gasteiger partial charge in [-0.3, -0.25) is 0 Å². The summed E-state index contributed by atoms with van der Waals surface area (Å²) in [6.07, 6.45) is 0.799. The Hall–Kier alpha value is -0.710. The highest BCUT2D eigenvalue weighted by Crippen LogP contribution is 2.47. The second-order valence-electron chi connectivity index (χ2n) is 4.85. The van der Waals surface area contributed by atoms with Crippen molar-refractivity contribution in [2.24, 2.45) is 0 Å². The summed E-state index contributed by atoms with van der Waals surface area (Å²) in [4.78, 5) is 1.92. The number of benzene rings is 1. The second-order valence-corrected chi connectivity index (χ2v) is 6.08. The molecule has 6 heteroatoms. The smallest absolute Gasteiger partial charge is 0.184 e. The van der Waals surface area contributed by atoms with Crippen LogP contribution in [0.5, 0.6) is 5.75 Å². The van der Waals surface area contributed by atoms with Gasteiger partial charge in [-0.2, -0.15) is 0 Å². The maximum Gasteiger partial charge on any atom is 0.184 e. The number of rotatable bonds is 0. The summed E-state index contributed by atoms with van der Waals surface area (Å²) in [5.41, 5.74) is 0.512. The van der Waals surface area contributed by atoms with Crippen molar-refractivity contribution in [1.29, 1.82) is 0 Å². The fourth-order valence-corrected chi connectivity index (χ4v) is 3.37. The number of hydrogen-bond acceptors (Lipinski definition) is 2. The first-order chi connectivity index (χ1) is 8.40. The van der Waals surface area contributed by atoms with Crippen LogP contribution in [0.4, 0.5) is 0 Å². The van der Waals surface area contributed by atoms with Gasteiger partial charge in [0.2, 0.25) is 0 Å². The van der Waals surface area contributed by atoms with Gasteiger partial charge in [-0.1, -0.05) is 23.2 Å². The van der Waals surface area contributed by atoms with E-state index in [1.54, 1.807) is 6.07 Å².